The number of anilines is 4. The highest BCUT2D eigenvalue weighted by atomic mass is 79.9. The smallest absolute Gasteiger partial charge is 0.229 e. The van der Waals surface area contributed by atoms with Crippen molar-refractivity contribution in [2.45, 2.75) is 0 Å². The predicted octanol–water partition coefficient (Wildman–Crippen LogP) is 5.38. The van der Waals surface area contributed by atoms with E-state index in [9.17, 15) is 0 Å². The third-order valence-corrected chi connectivity index (χ3v) is 3.70. The Kier molecular flexibility index (Phi) is 4.56. The fourth-order valence-corrected chi connectivity index (χ4v) is 2.47. The summed E-state index contributed by atoms with van der Waals surface area (Å²) in [6, 6.07) is 17.1. The maximum absolute atomic E-state index is 6.13. The largest absolute Gasteiger partial charge is 0.339 e. The Bertz CT molecular complexity index is 794. The van der Waals surface area contributed by atoms with E-state index < -0.39 is 0 Å². The maximum atomic E-state index is 6.13. The normalized spacial score (nSPS) is 10.3. The highest BCUT2D eigenvalue weighted by Crippen LogP contribution is 2.24. The molecule has 0 saturated heterocycles. The minimum Gasteiger partial charge on any atom is -0.339 e. The van der Waals surface area contributed by atoms with E-state index in [2.05, 4.69) is 36.5 Å². The fourth-order valence-electron chi connectivity index (χ4n) is 1.88. The van der Waals surface area contributed by atoms with Crippen molar-refractivity contribution >= 4 is 50.7 Å². The van der Waals surface area contributed by atoms with Gasteiger partial charge < -0.3 is 10.6 Å². The Morgan fingerprint density at radius 2 is 1.82 bits per heavy atom. The molecule has 0 aliphatic carbocycles. The van der Waals surface area contributed by atoms with Gasteiger partial charge >= 0.3 is 0 Å². The van der Waals surface area contributed by atoms with Gasteiger partial charge in [-0.25, -0.2) is 4.98 Å². The number of hydrogen-bond donors (Lipinski definition) is 2. The van der Waals surface area contributed by atoms with Crippen LogP contribution < -0.4 is 10.6 Å². The van der Waals surface area contributed by atoms with Gasteiger partial charge in [0.05, 0.1) is 10.7 Å². The molecule has 2 aromatic carbocycles. The number of hydrogen-bond acceptors (Lipinski definition) is 4. The molecule has 0 aliphatic rings. The van der Waals surface area contributed by atoms with Gasteiger partial charge in [-0.3, -0.25) is 0 Å². The van der Waals surface area contributed by atoms with E-state index >= 15 is 0 Å². The fraction of sp³-hybridized carbons (Fsp3) is 0. The molecule has 2 N–H and O–H groups in total. The van der Waals surface area contributed by atoms with Gasteiger partial charge in [0, 0.05) is 16.4 Å². The molecular weight excluding hydrogens is 364 g/mol. The molecule has 3 rings (SSSR count). The van der Waals surface area contributed by atoms with Gasteiger partial charge in [-0.2, -0.15) is 4.98 Å². The Balaban J connectivity index is 1.79. The summed E-state index contributed by atoms with van der Waals surface area (Å²) < 4.78 is 0.989. The van der Waals surface area contributed by atoms with Gasteiger partial charge in [0.25, 0.3) is 0 Å². The summed E-state index contributed by atoms with van der Waals surface area (Å²) in [5, 5.41) is 6.98. The Morgan fingerprint density at radius 1 is 0.955 bits per heavy atom. The topological polar surface area (TPSA) is 49.8 Å². The molecule has 0 atom stereocenters. The molecule has 1 heterocycles. The van der Waals surface area contributed by atoms with Crippen molar-refractivity contribution in [3.63, 3.8) is 0 Å². The van der Waals surface area contributed by atoms with Crippen LogP contribution in [0.5, 0.6) is 0 Å². The molecule has 0 saturated carbocycles. The quantitative estimate of drug-likeness (QED) is 0.643. The van der Waals surface area contributed by atoms with Gasteiger partial charge in [0.15, 0.2) is 0 Å². The van der Waals surface area contributed by atoms with Crippen molar-refractivity contribution in [1.29, 1.82) is 0 Å². The standard InChI is InChI=1S/C16H12BrClN4/c17-11-4-3-5-12(10-11)20-16-19-9-8-15(22-16)21-14-7-2-1-6-13(14)18/h1-10H,(H2,19,20,21,22). The number of aromatic nitrogens is 2. The minimum atomic E-state index is 0.509. The molecule has 0 bridgehead atoms. The Morgan fingerprint density at radius 3 is 2.64 bits per heavy atom. The number of nitrogens with one attached hydrogen (secondary N) is 2. The SMILES string of the molecule is Clc1ccccc1Nc1ccnc(Nc2cccc(Br)c2)n1. The van der Waals surface area contributed by atoms with Crippen LogP contribution in [0.1, 0.15) is 0 Å². The molecule has 0 radical (unpaired) electrons. The second-order valence-electron chi connectivity index (χ2n) is 4.51. The average Bonchev–Trinajstić information content (AvgIpc) is 2.50. The minimum absolute atomic E-state index is 0.509. The lowest BCUT2D eigenvalue weighted by molar-refractivity contribution is 1.16. The van der Waals surface area contributed by atoms with Crippen molar-refractivity contribution in [3.8, 4) is 0 Å². The number of halogens is 2. The zero-order chi connectivity index (χ0) is 15.4. The van der Waals surface area contributed by atoms with Gasteiger partial charge in [0.1, 0.15) is 5.82 Å². The van der Waals surface area contributed by atoms with Crippen LogP contribution in [0.2, 0.25) is 5.02 Å². The number of nitrogens with zero attached hydrogens (tertiary/aromatic N) is 2. The van der Waals surface area contributed by atoms with Crippen LogP contribution in [-0.2, 0) is 0 Å². The van der Waals surface area contributed by atoms with E-state index in [1.165, 1.54) is 0 Å². The number of benzene rings is 2. The number of rotatable bonds is 4. The van der Waals surface area contributed by atoms with Gasteiger partial charge in [0.2, 0.25) is 5.95 Å². The van der Waals surface area contributed by atoms with Gasteiger partial charge in [-0.05, 0) is 36.4 Å². The van der Waals surface area contributed by atoms with E-state index in [1.54, 1.807) is 12.3 Å². The Labute approximate surface area is 141 Å². The van der Waals surface area contributed by atoms with Crippen molar-refractivity contribution in [2.24, 2.45) is 0 Å². The highest BCUT2D eigenvalue weighted by Gasteiger charge is 2.03. The zero-order valence-electron chi connectivity index (χ0n) is 11.4. The maximum Gasteiger partial charge on any atom is 0.229 e. The first-order valence-corrected chi connectivity index (χ1v) is 7.75. The van der Waals surface area contributed by atoms with E-state index in [1.807, 2.05) is 48.5 Å². The third kappa shape index (κ3) is 3.75. The lowest BCUT2D eigenvalue weighted by atomic mass is 10.3. The highest BCUT2D eigenvalue weighted by molar-refractivity contribution is 9.10. The van der Waals surface area contributed by atoms with E-state index in [4.69, 9.17) is 11.6 Å². The van der Waals surface area contributed by atoms with Crippen LogP contribution in [0, 0.1) is 0 Å². The number of para-hydroxylation sites is 1. The molecule has 0 fully saturated rings. The first-order valence-electron chi connectivity index (χ1n) is 6.58. The van der Waals surface area contributed by atoms with Crippen LogP contribution in [0.25, 0.3) is 0 Å². The van der Waals surface area contributed by atoms with Crippen LogP contribution in [0.3, 0.4) is 0 Å². The molecule has 1 aromatic heterocycles. The van der Waals surface area contributed by atoms with Crippen molar-refractivity contribution in [2.75, 3.05) is 10.6 Å². The summed E-state index contributed by atoms with van der Waals surface area (Å²) in [6.45, 7) is 0. The van der Waals surface area contributed by atoms with Crippen LogP contribution in [0.4, 0.5) is 23.1 Å². The monoisotopic (exact) mass is 374 g/mol. The van der Waals surface area contributed by atoms with E-state index in [-0.39, 0.29) is 0 Å². The molecule has 6 heteroatoms. The molecular formula is C16H12BrClN4. The lowest BCUT2D eigenvalue weighted by Gasteiger charge is -2.09. The van der Waals surface area contributed by atoms with Crippen LogP contribution in [0.15, 0.2) is 65.3 Å². The summed E-state index contributed by atoms with van der Waals surface area (Å²) in [6.07, 6.45) is 1.69. The molecule has 0 amide bonds. The average molecular weight is 376 g/mol. The summed E-state index contributed by atoms with van der Waals surface area (Å²) >= 11 is 9.57. The molecule has 4 nitrogen and oxygen atoms in total. The molecule has 22 heavy (non-hydrogen) atoms. The molecule has 0 spiro atoms. The second kappa shape index (κ2) is 6.77. The second-order valence-corrected chi connectivity index (χ2v) is 5.83. The first kappa shape index (κ1) is 14.8. The Hall–Kier alpha value is -2.11. The summed E-state index contributed by atoms with van der Waals surface area (Å²) in [5.74, 6) is 1.18. The predicted molar refractivity (Wildman–Crippen MR) is 94.2 cm³/mol. The van der Waals surface area contributed by atoms with E-state index in [0.29, 0.717) is 16.8 Å². The van der Waals surface area contributed by atoms with Crippen molar-refractivity contribution in [3.05, 3.63) is 70.3 Å². The summed E-state index contributed by atoms with van der Waals surface area (Å²) in [5.41, 5.74) is 1.71. The third-order valence-electron chi connectivity index (χ3n) is 2.87. The van der Waals surface area contributed by atoms with Crippen LogP contribution in [-0.4, -0.2) is 9.97 Å². The summed E-state index contributed by atoms with van der Waals surface area (Å²) in [7, 11) is 0. The van der Waals surface area contributed by atoms with Gasteiger partial charge in [-0.15, -0.1) is 0 Å². The zero-order valence-corrected chi connectivity index (χ0v) is 13.8. The van der Waals surface area contributed by atoms with Crippen LogP contribution >= 0.6 is 27.5 Å². The molecule has 0 unspecified atom stereocenters. The first-order chi connectivity index (χ1) is 10.7. The van der Waals surface area contributed by atoms with Crippen molar-refractivity contribution in [1.82, 2.24) is 9.97 Å². The lowest BCUT2D eigenvalue weighted by Crippen LogP contribution is -2.00. The molecule has 3 aromatic rings. The van der Waals surface area contributed by atoms with Crippen molar-refractivity contribution < 1.29 is 0 Å². The summed E-state index contributed by atoms with van der Waals surface area (Å²) in [4.78, 5) is 8.64. The van der Waals surface area contributed by atoms with E-state index in [0.717, 1.165) is 15.8 Å². The molecule has 0 aliphatic heterocycles. The molecule has 110 valence electrons. The van der Waals surface area contributed by atoms with Gasteiger partial charge in [-0.1, -0.05) is 45.7 Å².